The Morgan fingerprint density at radius 2 is 1.85 bits per heavy atom. The average molecular weight is 193 g/mol. The summed E-state index contributed by atoms with van der Waals surface area (Å²) >= 11 is 4.97. The minimum absolute atomic E-state index is 1.02. The lowest BCUT2D eigenvalue weighted by atomic mass is 10.2. The van der Waals surface area contributed by atoms with E-state index in [1.807, 2.05) is 6.07 Å². The molecule has 1 nitrogen and oxygen atoms in total. The van der Waals surface area contributed by atoms with Crippen molar-refractivity contribution in [1.29, 1.82) is 0 Å². The molecule has 0 amide bonds. The topological polar surface area (TPSA) is 3.24 Å². The molecule has 1 aromatic carbocycles. The number of nitrogens with zero attached hydrogens (tertiary/aromatic N) is 1. The molecule has 0 aliphatic rings. The lowest BCUT2D eigenvalue weighted by Gasteiger charge is -2.22. The van der Waals surface area contributed by atoms with Gasteiger partial charge in [0.15, 0.2) is 0 Å². The Hall–Kier alpha value is -0.890. The Balaban J connectivity index is 3.03. The maximum absolute atomic E-state index is 4.97. The molecular formula is C11H15NS. The van der Waals surface area contributed by atoms with Gasteiger partial charge in [0.05, 0.1) is 0 Å². The fraction of sp³-hybridized carbons (Fsp3) is 0.364. The van der Waals surface area contributed by atoms with Crippen LogP contribution >= 0.6 is 12.2 Å². The van der Waals surface area contributed by atoms with Gasteiger partial charge in [-0.1, -0.05) is 30.4 Å². The molecule has 0 aliphatic heterocycles. The summed E-state index contributed by atoms with van der Waals surface area (Å²) in [6, 6.07) is 8.24. The molecule has 2 heteroatoms. The highest BCUT2D eigenvalue weighted by Gasteiger charge is 2.04. The second-order valence-electron chi connectivity index (χ2n) is 2.85. The van der Waals surface area contributed by atoms with Crippen molar-refractivity contribution in [2.45, 2.75) is 13.8 Å². The van der Waals surface area contributed by atoms with Gasteiger partial charge in [0.1, 0.15) is 0 Å². The molecule has 0 fully saturated rings. The third-order valence-corrected chi connectivity index (χ3v) is 2.42. The molecule has 1 rings (SSSR count). The van der Waals surface area contributed by atoms with E-state index in [1.54, 1.807) is 5.37 Å². The molecule has 70 valence electrons. The lowest BCUT2D eigenvalue weighted by molar-refractivity contribution is 0.866. The zero-order valence-electron chi connectivity index (χ0n) is 8.16. The molecule has 0 N–H and O–H groups in total. The van der Waals surface area contributed by atoms with Gasteiger partial charge in [-0.05, 0) is 19.9 Å². The van der Waals surface area contributed by atoms with Gasteiger partial charge < -0.3 is 4.90 Å². The predicted octanol–water partition coefficient (Wildman–Crippen LogP) is 2.88. The molecular weight excluding hydrogens is 178 g/mol. The van der Waals surface area contributed by atoms with Gasteiger partial charge in [-0.3, -0.25) is 0 Å². The van der Waals surface area contributed by atoms with E-state index in [2.05, 4.69) is 36.9 Å². The second-order valence-corrected chi connectivity index (χ2v) is 3.08. The quantitative estimate of drug-likeness (QED) is 0.676. The Kier molecular flexibility index (Phi) is 3.90. The minimum atomic E-state index is 1.02. The zero-order valence-corrected chi connectivity index (χ0v) is 8.97. The summed E-state index contributed by atoms with van der Waals surface area (Å²) in [5.74, 6) is 0. The van der Waals surface area contributed by atoms with E-state index in [1.165, 1.54) is 5.69 Å². The first-order valence-electron chi connectivity index (χ1n) is 4.62. The van der Waals surface area contributed by atoms with E-state index in [0.29, 0.717) is 0 Å². The van der Waals surface area contributed by atoms with Crippen molar-refractivity contribution in [2.24, 2.45) is 0 Å². The fourth-order valence-electron chi connectivity index (χ4n) is 1.44. The van der Waals surface area contributed by atoms with Gasteiger partial charge in [-0.15, -0.1) is 0 Å². The van der Waals surface area contributed by atoms with Crippen LogP contribution in [0.25, 0.3) is 0 Å². The van der Waals surface area contributed by atoms with Crippen LogP contribution < -0.4 is 4.90 Å². The van der Waals surface area contributed by atoms with E-state index in [4.69, 9.17) is 12.2 Å². The van der Waals surface area contributed by atoms with Crippen LogP contribution in [-0.4, -0.2) is 18.5 Å². The van der Waals surface area contributed by atoms with Crippen molar-refractivity contribution in [2.75, 3.05) is 18.0 Å². The molecule has 0 saturated heterocycles. The highest BCUT2D eigenvalue weighted by molar-refractivity contribution is 7.79. The number of anilines is 1. The molecule has 0 bridgehead atoms. The zero-order chi connectivity index (χ0) is 9.68. The number of hydrogen-bond donors (Lipinski definition) is 0. The smallest absolute Gasteiger partial charge is 0.0448 e. The predicted molar refractivity (Wildman–Crippen MR) is 62.8 cm³/mol. The van der Waals surface area contributed by atoms with E-state index < -0.39 is 0 Å². The monoisotopic (exact) mass is 193 g/mol. The maximum atomic E-state index is 4.97. The van der Waals surface area contributed by atoms with Gasteiger partial charge in [-0.25, -0.2) is 0 Å². The molecule has 0 aliphatic carbocycles. The van der Waals surface area contributed by atoms with Crippen LogP contribution in [0.2, 0.25) is 0 Å². The van der Waals surface area contributed by atoms with Crippen molar-refractivity contribution in [1.82, 2.24) is 0 Å². The van der Waals surface area contributed by atoms with Crippen molar-refractivity contribution in [3.8, 4) is 0 Å². The molecule has 13 heavy (non-hydrogen) atoms. The third kappa shape index (κ3) is 2.28. The molecule has 0 aromatic heterocycles. The molecule has 0 heterocycles. The summed E-state index contributed by atoms with van der Waals surface area (Å²) in [5, 5.41) is 1.74. The number of para-hydroxylation sites is 1. The van der Waals surface area contributed by atoms with Gasteiger partial charge in [-0.2, -0.15) is 0 Å². The summed E-state index contributed by atoms with van der Waals surface area (Å²) in [6.45, 7) is 6.36. The molecule has 0 saturated carbocycles. The van der Waals surface area contributed by atoms with Gasteiger partial charge in [0.25, 0.3) is 0 Å². The van der Waals surface area contributed by atoms with Crippen LogP contribution in [0, 0.1) is 0 Å². The van der Waals surface area contributed by atoms with Crippen LogP contribution in [0.5, 0.6) is 0 Å². The largest absolute Gasteiger partial charge is 0.372 e. The molecule has 0 atom stereocenters. The number of thiocarbonyl (C=S) groups is 1. The van der Waals surface area contributed by atoms with Crippen molar-refractivity contribution < 1.29 is 0 Å². The maximum Gasteiger partial charge on any atom is 0.0448 e. The standard InChI is InChI=1S/C11H15NS/c1-3-12(4-2)11-8-6-5-7-10(11)9-13/h5-9H,3-4H2,1-2H3. The highest BCUT2D eigenvalue weighted by Crippen LogP contribution is 2.18. The van der Waals surface area contributed by atoms with Gasteiger partial charge >= 0.3 is 0 Å². The summed E-state index contributed by atoms with van der Waals surface area (Å²) in [7, 11) is 0. The Bertz CT molecular complexity index is 279. The summed E-state index contributed by atoms with van der Waals surface area (Å²) in [5.41, 5.74) is 2.38. The summed E-state index contributed by atoms with van der Waals surface area (Å²) < 4.78 is 0. The first kappa shape index (κ1) is 10.2. The van der Waals surface area contributed by atoms with Crippen molar-refractivity contribution in [3.63, 3.8) is 0 Å². The van der Waals surface area contributed by atoms with Crippen LogP contribution in [0.3, 0.4) is 0 Å². The first-order chi connectivity index (χ1) is 6.33. The van der Waals surface area contributed by atoms with Crippen molar-refractivity contribution >= 4 is 23.3 Å². The number of benzene rings is 1. The van der Waals surface area contributed by atoms with Crippen LogP contribution in [0.1, 0.15) is 19.4 Å². The van der Waals surface area contributed by atoms with Crippen LogP contribution in [0.4, 0.5) is 5.69 Å². The summed E-state index contributed by atoms with van der Waals surface area (Å²) in [6.07, 6.45) is 0. The molecule has 0 radical (unpaired) electrons. The van der Waals surface area contributed by atoms with Gasteiger partial charge in [0, 0.05) is 29.7 Å². The van der Waals surface area contributed by atoms with E-state index >= 15 is 0 Å². The SMILES string of the molecule is CCN(CC)c1ccccc1C=S. The molecule has 1 aromatic rings. The average Bonchev–Trinajstić information content (AvgIpc) is 2.20. The lowest BCUT2D eigenvalue weighted by Crippen LogP contribution is -2.22. The highest BCUT2D eigenvalue weighted by atomic mass is 32.1. The van der Waals surface area contributed by atoms with Crippen LogP contribution in [-0.2, 0) is 0 Å². The van der Waals surface area contributed by atoms with Crippen molar-refractivity contribution in [3.05, 3.63) is 29.8 Å². The fourth-order valence-corrected chi connectivity index (χ4v) is 1.64. The van der Waals surface area contributed by atoms with Gasteiger partial charge in [0.2, 0.25) is 0 Å². The van der Waals surface area contributed by atoms with E-state index in [-0.39, 0.29) is 0 Å². The minimum Gasteiger partial charge on any atom is -0.372 e. The number of hydrogen-bond acceptors (Lipinski definition) is 2. The summed E-state index contributed by atoms with van der Waals surface area (Å²) in [4.78, 5) is 2.30. The molecule has 0 spiro atoms. The molecule has 0 unspecified atom stereocenters. The first-order valence-corrected chi connectivity index (χ1v) is 5.09. The third-order valence-electron chi connectivity index (χ3n) is 2.17. The van der Waals surface area contributed by atoms with Crippen LogP contribution in [0.15, 0.2) is 24.3 Å². The van der Waals surface area contributed by atoms with E-state index in [9.17, 15) is 0 Å². The number of rotatable bonds is 4. The normalized spacial score (nSPS) is 9.69. The van der Waals surface area contributed by atoms with E-state index in [0.717, 1.165) is 18.7 Å². The Morgan fingerprint density at radius 3 is 2.38 bits per heavy atom. The second kappa shape index (κ2) is 4.97. The Morgan fingerprint density at radius 1 is 1.23 bits per heavy atom. The Labute approximate surface area is 85.4 Å².